The molecular formula is C8H5Br2ClF2N2. The first-order valence-electron chi connectivity index (χ1n) is 3.69. The predicted molar refractivity (Wildman–Crippen MR) is 63.8 cm³/mol. The molecule has 0 saturated heterocycles. The van der Waals surface area contributed by atoms with Crippen molar-refractivity contribution in [1.29, 1.82) is 0 Å². The second-order valence-corrected chi connectivity index (χ2v) is 4.47. The highest BCUT2D eigenvalue weighted by molar-refractivity contribution is 9.11. The van der Waals surface area contributed by atoms with Crippen LogP contribution in [0.5, 0.6) is 0 Å². The number of alkyl halides is 1. The van der Waals surface area contributed by atoms with Gasteiger partial charge in [0.15, 0.2) is 11.6 Å². The molecule has 0 heterocycles. The number of amidine groups is 1. The van der Waals surface area contributed by atoms with Crippen LogP contribution in [0.3, 0.4) is 0 Å². The summed E-state index contributed by atoms with van der Waals surface area (Å²) in [4.78, 5) is 3.84. The third-order valence-corrected chi connectivity index (χ3v) is 3.08. The molecule has 0 radical (unpaired) electrons. The largest absolute Gasteiger partial charge is 0.386 e. The van der Waals surface area contributed by atoms with Gasteiger partial charge in [0.2, 0.25) is 0 Å². The van der Waals surface area contributed by atoms with Crippen LogP contribution < -0.4 is 5.73 Å². The molecule has 2 nitrogen and oxygen atoms in total. The van der Waals surface area contributed by atoms with Gasteiger partial charge in [-0.2, -0.15) is 0 Å². The quantitative estimate of drug-likeness (QED) is 0.281. The van der Waals surface area contributed by atoms with Gasteiger partial charge in [0.25, 0.3) is 0 Å². The summed E-state index contributed by atoms with van der Waals surface area (Å²) in [6, 6.07) is 0.973. The lowest BCUT2D eigenvalue weighted by atomic mass is 10.3. The molecule has 0 saturated carbocycles. The van der Waals surface area contributed by atoms with E-state index in [9.17, 15) is 8.78 Å². The zero-order chi connectivity index (χ0) is 11.6. The predicted octanol–water partition coefficient (Wildman–Crippen LogP) is 3.72. The maximum Gasteiger partial charge on any atom is 0.175 e. The third-order valence-electron chi connectivity index (χ3n) is 1.48. The van der Waals surface area contributed by atoms with Crippen molar-refractivity contribution in [2.75, 3.05) is 5.88 Å². The maximum atomic E-state index is 13.1. The standard InChI is InChI=1S/C8H5Br2ClF2N2/c9-3-1-4(12)7(13)6(10)8(3)15-5(14)2-11/h1H,2H2,(H2,14,15). The fourth-order valence-corrected chi connectivity index (χ4v) is 2.14. The summed E-state index contributed by atoms with van der Waals surface area (Å²) in [5.74, 6) is -1.86. The second kappa shape index (κ2) is 5.23. The Balaban J connectivity index is 3.36. The van der Waals surface area contributed by atoms with Crippen LogP contribution in [-0.4, -0.2) is 11.7 Å². The van der Waals surface area contributed by atoms with Crippen molar-refractivity contribution >= 4 is 55.0 Å². The van der Waals surface area contributed by atoms with Crippen LogP contribution in [0.4, 0.5) is 14.5 Å². The van der Waals surface area contributed by atoms with Gasteiger partial charge in [-0.15, -0.1) is 11.6 Å². The van der Waals surface area contributed by atoms with Gasteiger partial charge in [-0.3, -0.25) is 0 Å². The molecule has 0 fully saturated rings. The Hall–Kier alpha value is -0.200. The molecule has 0 aliphatic carbocycles. The molecule has 0 spiro atoms. The summed E-state index contributed by atoms with van der Waals surface area (Å²) in [6.45, 7) is 0. The van der Waals surface area contributed by atoms with Crippen LogP contribution in [0, 0.1) is 11.6 Å². The number of aliphatic imine (C=N–C) groups is 1. The van der Waals surface area contributed by atoms with Gasteiger partial charge in [0.1, 0.15) is 5.84 Å². The molecule has 0 aliphatic heterocycles. The highest BCUT2D eigenvalue weighted by atomic mass is 79.9. The zero-order valence-electron chi connectivity index (χ0n) is 7.20. The number of hydrogen-bond acceptors (Lipinski definition) is 1. The van der Waals surface area contributed by atoms with Crippen molar-refractivity contribution in [3.63, 3.8) is 0 Å². The van der Waals surface area contributed by atoms with Gasteiger partial charge in [-0.25, -0.2) is 13.8 Å². The first-order chi connectivity index (χ1) is 6.97. The van der Waals surface area contributed by atoms with Gasteiger partial charge < -0.3 is 5.73 Å². The molecule has 7 heteroatoms. The van der Waals surface area contributed by atoms with Crippen LogP contribution in [-0.2, 0) is 0 Å². The van der Waals surface area contributed by atoms with E-state index in [1.54, 1.807) is 0 Å². The van der Waals surface area contributed by atoms with E-state index in [2.05, 4.69) is 36.9 Å². The smallest absolute Gasteiger partial charge is 0.175 e. The van der Waals surface area contributed by atoms with Crippen LogP contribution in [0.2, 0.25) is 0 Å². The summed E-state index contributed by atoms with van der Waals surface area (Å²) in [7, 11) is 0. The second-order valence-electron chi connectivity index (χ2n) is 2.55. The number of rotatable bonds is 2. The Morgan fingerprint density at radius 2 is 2.07 bits per heavy atom. The Kier molecular flexibility index (Phi) is 4.48. The average Bonchev–Trinajstić information content (AvgIpc) is 2.21. The monoisotopic (exact) mass is 360 g/mol. The summed E-state index contributed by atoms with van der Waals surface area (Å²) < 4.78 is 26.2. The van der Waals surface area contributed by atoms with Crippen LogP contribution in [0.15, 0.2) is 20.0 Å². The lowest BCUT2D eigenvalue weighted by Gasteiger charge is -2.05. The highest BCUT2D eigenvalue weighted by Crippen LogP contribution is 2.36. The number of halogens is 5. The molecule has 82 valence electrons. The van der Waals surface area contributed by atoms with Gasteiger partial charge in [-0.05, 0) is 37.9 Å². The SMILES string of the molecule is NC(CCl)=Nc1c(Br)cc(F)c(F)c1Br. The molecule has 0 unspecified atom stereocenters. The van der Waals surface area contributed by atoms with Crippen LogP contribution in [0.1, 0.15) is 0 Å². The number of hydrogen-bond donors (Lipinski definition) is 1. The number of nitrogens with zero attached hydrogens (tertiary/aromatic N) is 1. The van der Waals surface area contributed by atoms with Crippen molar-refractivity contribution in [2.45, 2.75) is 0 Å². The van der Waals surface area contributed by atoms with Crippen LogP contribution in [0.25, 0.3) is 0 Å². The molecule has 2 N–H and O–H groups in total. The van der Waals surface area contributed by atoms with Gasteiger partial charge >= 0.3 is 0 Å². The van der Waals surface area contributed by atoms with E-state index in [4.69, 9.17) is 17.3 Å². The van der Waals surface area contributed by atoms with Crippen molar-refractivity contribution < 1.29 is 8.78 Å². The molecule has 1 rings (SSSR count). The molecule has 0 aliphatic rings. The van der Waals surface area contributed by atoms with E-state index >= 15 is 0 Å². The number of benzene rings is 1. The number of nitrogens with two attached hydrogens (primary N) is 1. The Morgan fingerprint density at radius 3 is 2.60 bits per heavy atom. The topological polar surface area (TPSA) is 38.4 Å². The minimum atomic E-state index is -1.01. The third kappa shape index (κ3) is 2.89. The molecule has 0 aromatic heterocycles. The van der Waals surface area contributed by atoms with E-state index in [1.165, 1.54) is 0 Å². The van der Waals surface area contributed by atoms with E-state index in [1.807, 2.05) is 0 Å². The Bertz CT molecular complexity index is 424. The van der Waals surface area contributed by atoms with E-state index in [-0.39, 0.29) is 21.9 Å². The lowest BCUT2D eigenvalue weighted by molar-refractivity contribution is 0.504. The van der Waals surface area contributed by atoms with E-state index < -0.39 is 11.6 Å². The molecule has 0 atom stereocenters. The molecular weight excluding hydrogens is 357 g/mol. The van der Waals surface area contributed by atoms with Crippen molar-refractivity contribution in [3.8, 4) is 0 Å². The van der Waals surface area contributed by atoms with Gasteiger partial charge in [-0.1, -0.05) is 0 Å². The normalized spacial score (nSPS) is 11.9. The Morgan fingerprint density at radius 1 is 1.47 bits per heavy atom. The average molecular weight is 362 g/mol. The minimum Gasteiger partial charge on any atom is -0.386 e. The molecule has 1 aromatic carbocycles. The summed E-state index contributed by atoms with van der Waals surface area (Å²) in [5.41, 5.74) is 5.56. The summed E-state index contributed by atoms with van der Waals surface area (Å²) in [5, 5.41) is 0. The van der Waals surface area contributed by atoms with Crippen molar-refractivity contribution in [3.05, 3.63) is 26.6 Å². The molecule has 15 heavy (non-hydrogen) atoms. The van der Waals surface area contributed by atoms with Crippen molar-refractivity contribution in [1.82, 2.24) is 0 Å². The maximum absolute atomic E-state index is 13.1. The van der Waals surface area contributed by atoms with Crippen LogP contribution >= 0.6 is 43.5 Å². The first kappa shape index (κ1) is 12.9. The first-order valence-corrected chi connectivity index (χ1v) is 5.81. The van der Waals surface area contributed by atoms with Gasteiger partial charge in [0, 0.05) is 4.47 Å². The fourth-order valence-electron chi connectivity index (χ4n) is 0.833. The summed E-state index contributed by atoms with van der Waals surface area (Å²) >= 11 is 11.4. The molecule has 0 amide bonds. The summed E-state index contributed by atoms with van der Waals surface area (Å²) in [6.07, 6.45) is 0. The molecule has 0 bridgehead atoms. The lowest BCUT2D eigenvalue weighted by Crippen LogP contribution is -2.12. The zero-order valence-corrected chi connectivity index (χ0v) is 11.1. The fraction of sp³-hybridized carbons (Fsp3) is 0.125. The van der Waals surface area contributed by atoms with E-state index in [0.717, 1.165) is 6.07 Å². The van der Waals surface area contributed by atoms with E-state index in [0.29, 0.717) is 4.47 Å². The minimum absolute atomic E-state index is 0.0118. The van der Waals surface area contributed by atoms with Gasteiger partial charge in [0.05, 0.1) is 16.0 Å². The Labute approximate surface area is 107 Å². The highest BCUT2D eigenvalue weighted by Gasteiger charge is 2.15. The van der Waals surface area contributed by atoms with Crippen molar-refractivity contribution in [2.24, 2.45) is 10.7 Å². The molecule has 1 aromatic rings.